The summed E-state index contributed by atoms with van der Waals surface area (Å²) in [7, 11) is -15.7. The Hall–Kier alpha value is -1.20. The van der Waals surface area contributed by atoms with Crippen LogP contribution in [0.2, 0.25) is 0 Å². The number of ether oxygens (including phenoxy) is 4. The topological polar surface area (TPSA) is 329 Å². The summed E-state index contributed by atoms with van der Waals surface area (Å²) in [6, 6.07) is -2.20. The summed E-state index contributed by atoms with van der Waals surface area (Å²) in [6.07, 6.45) is -19.5. The maximum absolute atomic E-state index is 11.9. The van der Waals surface area contributed by atoms with E-state index in [4.69, 9.17) is 28.1 Å². The van der Waals surface area contributed by atoms with Crippen LogP contribution in [0.5, 0.6) is 0 Å². The molecule has 0 spiro atoms. The first-order chi connectivity index (χ1) is 17.7. The van der Waals surface area contributed by atoms with Gasteiger partial charge in [0.25, 0.3) is 0 Å². The molecule has 0 aromatic heterocycles. The quantitative estimate of drug-likeness (QED) is 0.0878. The molecule has 0 aliphatic carbocycles. The minimum absolute atomic E-state index is 0.174. The summed E-state index contributed by atoms with van der Waals surface area (Å²) in [5, 5.41) is 41.0. The third-order valence-electron chi connectivity index (χ3n) is 5.14. The number of nitrogens with one attached hydrogen (secondary N) is 1. The van der Waals surface area contributed by atoms with Crippen molar-refractivity contribution in [1.82, 2.24) is 4.72 Å². The van der Waals surface area contributed by atoms with E-state index in [2.05, 4.69) is 8.37 Å². The fourth-order valence-corrected chi connectivity index (χ4v) is 4.96. The second-order valence-corrected chi connectivity index (χ2v) is 11.4. The van der Waals surface area contributed by atoms with Crippen LogP contribution in [0.1, 0.15) is 13.3 Å². The lowest BCUT2D eigenvalue weighted by Gasteiger charge is -2.46. The van der Waals surface area contributed by atoms with E-state index in [1.54, 1.807) is 6.92 Å². The minimum Gasteiger partial charge on any atom is -0.479 e. The number of aliphatic hydroxyl groups is 3. The van der Waals surface area contributed by atoms with Crippen LogP contribution in [-0.4, -0.2) is 140 Å². The molecule has 2 rings (SSSR count). The zero-order chi connectivity index (χ0) is 29.9. The summed E-state index contributed by atoms with van der Waals surface area (Å²) in [5.74, 6) is -1.86. The standard InChI is InChI=1S/C15H27NO20S3/c1-2-3-31-15-11(36-39(28,29)30)9(19)10(12(35-15)13(20)21)34-14-6(16-37(22,23)24)8(18)7(17)5(33-14)4-32-38(25,26)27/h5-12,14-19H,2-4H2,1H3,(H,20,21)(H,22,23,24)(H,25,26,27)(H,28,29,30)/t5-,6-,7-,8-,9-,10-,11+,12-,14-,15+/m0/s1. The summed E-state index contributed by atoms with van der Waals surface area (Å²) >= 11 is 0. The molecule has 0 bridgehead atoms. The van der Waals surface area contributed by atoms with Gasteiger partial charge in [0.15, 0.2) is 24.8 Å². The summed E-state index contributed by atoms with van der Waals surface area (Å²) in [5.41, 5.74) is 0. The molecule has 230 valence electrons. The smallest absolute Gasteiger partial charge is 0.397 e. The fourth-order valence-electron chi connectivity index (χ4n) is 3.58. The molecule has 2 aliphatic heterocycles. The average molecular weight is 638 g/mol. The molecule has 39 heavy (non-hydrogen) atoms. The van der Waals surface area contributed by atoms with Gasteiger partial charge in [0.2, 0.25) is 0 Å². The van der Waals surface area contributed by atoms with Gasteiger partial charge in [-0.2, -0.15) is 30.0 Å². The van der Waals surface area contributed by atoms with Crippen LogP contribution in [0.15, 0.2) is 0 Å². The molecule has 0 radical (unpaired) electrons. The van der Waals surface area contributed by atoms with Gasteiger partial charge in [0, 0.05) is 6.61 Å². The highest BCUT2D eigenvalue weighted by atomic mass is 32.3. The van der Waals surface area contributed by atoms with Crippen LogP contribution in [0, 0.1) is 0 Å². The molecular formula is C15H27NO20S3. The van der Waals surface area contributed by atoms with E-state index in [0.717, 1.165) is 0 Å². The molecule has 21 nitrogen and oxygen atoms in total. The van der Waals surface area contributed by atoms with Crippen molar-refractivity contribution in [2.24, 2.45) is 0 Å². The van der Waals surface area contributed by atoms with Crippen LogP contribution < -0.4 is 4.72 Å². The van der Waals surface area contributed by atoms with E-state index in [-0.39, 0.29) is 6.61 Å². The molecule has 2 fully saturated rings. The lowest BCUT2D eigenvalue weighted by Crippen LogP contribution is -2.68. The molecule has 0 aromatic rings. The fraction of sp³-hybridized carbons (Fsp3) is 0.933. The first-order valence-corrected chi connectivity index (χ1v) is 14.8. The van der Waals surface area contributed by atoms with E-state index >= 15 is 0 Å². The van der Waals surface area contributed by atoms with Gasteiger partial charge in [-0.15, -0.1) is 0 Å². The normalized spacial score (nSPS) is 36.5. The Kier molecular flexibility index (Phi) is 11.5. The number of hydrogen-bond donors (Lipinski definition) is 8. The zero-order valence-corrected chi connectivity index (χ0v) is 22.0. The van der Waals surface area contributed by atoms with Gasteiger partial charge in [-0.1, -0.05) is 6.92 Å². The highest BCUT2D eigenvalue weighted by Crippen LogP contribution is 2.32. The molecular weight excluding hydrogens is 610 g/mol. The van der Waals surface area contributed by atoms with Gasteiger partial charge < -0.3 is 39.4 Å². The Balaban J connectivity index is 2.47. The molecule has 2 saturated heterocycles. The summed E-state index contributed by atoms with van der Waals surface area (Å²) < 4.78 is 125. The number of aliphatic carboxylic acids is 1. The van der Waals surface area contributed by atoms with Gasteiger partial charge >= 0.3 is 37.1 Å². The molecule has 24 heteroatoms. The number of carboxylic acid groups (broad SMARTS) is 1. The number of rotatable bonds is 13. The highest BCUT2D eigenvalue weighted by molar-refractivity contribution is 7.83. The molecule has 0 amide bonds. The Morgan fingerprint density at radius 3 is 1.97 bits per heavy atom. The number of hydrogen-bond acceptors (Lipinski definition) is 16. The van der Waals surface area contributed by atoms with Crippen LogP contribution in [0.3, 0.4) is 0 Å². The van der Waals surface area contributed by atoms with Crippen LogP contribution in [0.25, 0.3) is 0 Å². The first-order valence-electron chi connectivity index (χ1n) is 10.6. The minimum atomic E-state index is -5.34. The molecule has 2 aliphatic rings. The van der Waals surface area contributed by atoms with E-state index in [1.807, 2.05) is 0 Å². The van der Waals surface area contributed by atoms with Crippen molar-refractivity contribution in [3.8, 4) is 0 Å². The van der Waals surface area contributed by atoms with Crippen molar-refractivity contribution in [1.29, 1.82) is 0 Å². The third-order valence-corrected chi connectivity index (χ3v) is 6.61. The zero-order valence-electron chi connectivity index (χ0n) is 19.6. The van der Waals surface area contributed by atoms with Crippen LogP contribution in [-0.2, 0) is 63.2 Å². The van der Waals surface area contributed by atoms with Crippen LogP contribution in [0.4, 0.5) is 0 Å². The maximum Gasteiger partial charge on any atom is 0.397 e. The van der Waals surface area contributed by atoms with E-state index < -0.39 is 105 Å². The Morgan fingerprint density at radius 2 is 1.49 bits per heavy atom. The van der Waals surface area contributed by atoms with Gasteiger partial charge in [-0.25, -0.2) is 13.2 Å². The largest absolute Gasteiger partial charge is 0.479 e. The third kappa shape index (κ3) is 9.99. The van der Waals surface area contributed by atoms with Gasteiger partial charge in [0.05, 0.1) is 6.61 Å². The number of carbonyl (C=O) groups is 1. The van der Waals surface area contributed by atoms with Gasteiger partial charge in [0.1, 0.15) is 36.6 Å². The van der Waals surface area contributed by atoms with Crippen molar-refractivity contribution < 1.29 is 91.4 Å². The second-order valence-electron chi connectivity index (χ2n) is 8.07. The Labute approximate surface area is 221 Å². The molecule has 10 atom stereocenters. The van der Waals surface area contributed by atoms with E-state index in [0.29, 0.717) is 6.42 Å². The lowest BCUT2D eigenvalue weighted by molar-refractivity contribution is -0.337. The van der Waals surface area contributed by atoms with E-state index in [9.17, 15) is 55.0 Å². The SMILES string of the molecule is CCCO[C@@H]1O[C@H](C(=O)O)[C@@H](O[C@@H]2O[C@@H](COS(=O)(=O)O)[C@H](O)[C@@H](O)[C@@H]2NS(=O)(=O)O)[C@H](O)[C@H]1OS(=O)(=O)O. The monoisotopic (exact) mass is 637 g/mol. The first kappa shape index (κ1) is 34.0. The van der Waals surface area contributed by atoms with Crippen molar-refractivity contribution >= 4 is 37.1 Å². The van der Waals surface area contributed by atoms with Crippen molar-refractivity contribution in [3.63, 3.8) is 0 Å². The number of aliphatic hydroxyl groups excluding tert-OH is 3. The van der Waals surface area contributed by atoms with E-state index in [1.165, 1.54) is 4.72 Å². The van der Waals surface area contributed by atoms with Crippen molar-refractivity contribution in [2.45, 2.75) is 74.7 Å². The molecule has 8 N–H and O–H groups in total. The molecule has 0 unspecified atom stereocenters. The predicted octanol–water partition coefficient (Wildman–Crippen LogP) is -4.82. The van der Waals surface area contributed by atoms with Crippen molar-refractivity contribution in [2.75, 3.05) is 13.2 Å². The average Bonchev–Trinajstić information content (AvgIpc) is 2.77. The van der Waals surface area contributed by atoms with Crippen molar-refractivity contribution in [3.05, 3.63) is 0 Å². The maximum atomic E-state index is 11.9. The highest BCUT2D eigenvalue weighted by Gasteiger charge is 2.55. The second kappa shape index (κ2) is 13.2. The molecule has 2 heterocycles. The van der Waals surface area contributed by atoms with Gasteiger partial charge in [-0.05, 0) is 6.42 Å². The van der Waals surface area contributed by atoms with Gasteiger partial charge in [-0.3, -0.25) is 13.7 Å². The Bertz CT molecular complexity index is 1160. The molecule has 0 aromatic carbocycles. The summed E-state index contributed by atoms with van der Waals surface area (Å²) in [4.78, 5) is 11.9. The number of carboxylic acids is 1. The van der Waals surface area contributed by atoms with Crippen LogP contribution >= 0.6 is 0 Å². The summed E-state index contributed by atoms with van der Waals surface area (Å²) in [6.45, 7) is 0.207. The molecule has 0 saturated carbocycles. The predicted molar refractivity (Wildman–Crippen MR) is 116 cm³/mol. The Morgan fingerprint density at radius 1 is 0.872 bits per heavy atom. The lowest BCUT2D eigenvalue weighted by atomic mass is 9.96.